The average molecular weight is 774 g/mol. The number of rotatable bonds is 6. The molecule has 0 unspecified atom stereocenters. The molecule has 1 aliphatic heterocycles. The number of fused-ring (bicyclic) bond motifs is 6. The third-order valence-electron chi connectivity index (χ3n) is 12.7. The van der Waals surface area contributed by atoms with Crippen molar-refractivity contribution >= 4 is 83.6 Å². The first-order chi connectivity index (χ1) is 29.2. The summed E-state index contributed by atoms with van der Waals surface area (Å²) in [4.78, 5) is 2.31. The van der Waals surface area contributed by atoms with Gasteiger partial charge in [0.15, 0.2) is 5.58 Å². The van der Waals surface area contributed by atoms with Crippen molar-refractivity contribution in [3.8, 4) is 22.6 Å². The minimum Gasteiger partial charge on any atom is -0.456 e. The zero-order valence-corrected chi connectivity index (χ0v) is 34.9. The van der Waals surface area contributed by atoms with E-state index >= 15 is 0 Å². The van der Waals surface area contributed by atoms with Gasteiger partial charge in [0, 0.05) is 33.5 Å². The molecule has 0 N–H and O–H groups in total. The van der Waals surface area contributed by atoms with Gasteiger partial charge in [-0.1, -0.05) is 159 Å². The number of hydrogen-bond acceptors (Lipinski definition) is 3. The van der Waals surface area contributed by atoms with Crippen molar-refractivity contribution < 1.29 is 9.15 Å². The number of anilines is 3. The van der Waals surface area contributed by atoms with Crippen molar-refractivity contribution in [3.63, 3.8) is 0 Å². The quantitative estimate of drug-likeness (QED) is 0.157. The van der Waals surface area contributed by atoms with Gasteiger partial charge in [0.2, 0.25) is 6.71 Å². The minimum absolute atomic E-state index is 0.0516. The smallest absolute Gasteiger partial charge is 0.243 e. The Morgan fingerprint density at radius 1 is 0.450 bits per heavy atom. The Hall–Kier alpha value is -7.04. The Morgan fingerprint density at radius 2 is 1.05 bits per heavy atom. The summed E-state index contributed by atoms with van der Waals surface area (Å²) in [5, 5.41) is 6.94. The number of aryl methyl sites for hydroxylation is 6. The van der Waals surface area contributed by atoms with Gasteiger partial charge >= 0.3 is 0 Å². The molecule has 3 nitrogen and oxygen atoms in total. The van der Waals surface area contributed by atoms with Crippen LogP contribution in [0.4, 0.5) is 17.1 Å². The summed E-state index contributed by atoms with van der Waals surface area (Å²) < 4.78 is 13.7. The van der Waals surface area contributed by atoms with Crippen LogP contribution >= 0.6 is 0 Å². The fraction of sp³-hybridized carbons (Fsp3) is 0.107. The second-order valence-corrected chi connectivity index (χ2v) is 16.8. The van der Waals surface area contributed by atoms with Crippen molar-refractivity contribution in [2.75, 3.05) is 4.90 Å². The van der Waals surface area contributed by atoms with E-state index in [4.69, 9.17) is 9.15 Å². The van der Waals surface area contributed by atoms with Crippen LogP contribution in [-0.4, -0.2) is 6.71 Å². The Kier molecular flexibility index (Phi) is 8.29. The van der Waals surface area contributed by atoms with E-state index in [1.165, 1.54) is 71.5 Å². The van der Waals surface area contributed by atoms with E-state index in [1.807, 2.05) is 12.1 Å². The predicted molar refractivity (Wildman–Crippen MR) is 255 cm³/mol. The van der Waals surface area contributed by atoms with Gasteiger partial charge in [0.1, 0.15) is 17.1 Å². The SMILES string of the molecule is Cc1cc(C)c(B(c2c(C)cc(C)cc2C)c2ccc3c4c(cccc24)Oc2cc(N(c4ccc5ccccc5c4)c4cccc5c4oc4ccccc45)ccc2-3)c(C)c1. The lowest BCUT2D eigenvalue weighted by molar-refractivity contribution is 0.487. The molecule has 1 aliphatic rings. The van der Waals surface area contributed by atoms with E-state index in [0.717, 1.165) is 61.4 Å². The van der Waals surface area contributed by atoms with E-state index in [1.54, 1.807) is 0 Å². The largest absolute Gasteiger partial charge is 0.456 e. The van der Waals surface area contributed by atoms with Gasteiger partial charge in [-0.15, -0.1) is 0 Å². The van der Waals surface area contributed by atoms with E-state index in [9.17, 15) is 0 Å². The van der Waals surface area contributed by atoms with Crippen LogP contribution in [0.1, 0.15) is 33.4 Å². The van der Waals surface area contributed by atoms with E-state index < -0.39 is 0 Å². The van der Waals surface area contributed by atoms with Gasteiger partial charge in [-0.25, -0.2) is 0 Å². The summed E-state index contributed by atoms with van der Waals surface area (Å²) >= 11 is 0. The van der Waals surface area contributed by atoms with Crippen molar-refractivity contribution in [3.05, 3.63) is 191 Å². The molecule has 0 bridgehead atoms. The highest BCUT2D eigenvalue weighted by Crippen LogP contribution is 2.50. The fourth-order valence-corrected chi connectivity index (χ4v) is 10.4. The van der Waals surface area contributed by atoms with Crippen LogP contribution in [0.15, 0.2) is 162 Å². The fourth-order valence-electron chi connectivity index (χ4n) is 10.4. The molecule has 0 radical (unpaired) electrons. The van der Waals surface area contributed by atoms with Crippen molar-refractivity contribution in [1.82, 2.24) is 0 Å². The zero-order valence-electron chi connectivity index (χ0n) is 34.9. The first-order valence-electron chi connectivity index (χ1n) is 20.9. The molecule has 0 atom stereocenters. The minimum atomic E-state index is 0.0516. The first-order valence-corrected chi connectivity index (χ1v) is 20.9. The van der Waals surface area contributed by atoms with Crippen LogP contribution in [0.25, 0.3) is 54.6 Å². The summed E-state index contributed by atoms with van der Waals surface area (Å²) in [6.45, 7) is 13.6. The van der Waals surface area contributed by atoms with Crippen LogP contribution in [-0.2, 0) is 0 Å². The molecule has 0 fully saturated rings. The third kappa shape index (κ3) is 5.66. The second-order valence-electron chi connectivity index (χ2n) is 16.8. The zero-order chi connectivity index (χ0) is 40.8. The number of ether oxygens (including phenoxy) is 1. The van der Waals surface area contributed by atoms with Gasteiger partial charge in [0.25, 0.3) is 0 Å². The lowest BCUT2D eigenvalue weighted by Gasteiger charge is -2.29. The topological polar surface area (TPSA) is 25.6 Å². The average Bonchev–Trinajstić information content (AvgIpc) is 3.62. The molecular formula is C56H44BNO2. The molecule has 2 heterocycles. The van der Waals surface area contributed by atoms with Crippen LogP contribution < -0.4 is 26.0 Å². The molecule has 1 aromatic heterocycles. The Bertz CT molecular complexity index is 3290. The molecule has 288 valence electrons. The highest BCUT2D eigenvalue weighted by atomic mass is 16.5. The molecule has 0 aliphatic carbocycles. The van der Waals surface area contributed by atoms with Crippen molar-refractivity contribution in [2.45, 2.75) is 41.5 Å². The molecule has 9 aromatic carbocycles. The summed E-state index contributed by atoms with van der Waals surface area (Å²) in [7, 11) is 0. The summed E-state index contributed by atoms with van der Waals surface area (Å²) in [6, 6.07) is 57.2. The molecular weight excluding hydrogens is 729 g/mol. The standard InChI is InChI=1S/C56H44BNO2/c1-33-27-35(3)54(36(4)28-33)57(55-37(5)29-34(2)30-38(55)6)48-26-25-45-44-24-23-42(32-52(44)59-51-20-12-17-47(48)53(45)51)58(41-22-21-39-13-7-8-14-40(39)31-41)49-18-11-16-46-43-15-9-10-19-50(43)60-56(46)49/h7-32H,1-6H3. The molecule has 4 heteroatoms. The highest BCUT2D eigenvalue weighted by Gasteiger charge is 2.32. The number of para-hydroxylation sites is 2. The lowest BCUT2D eigenvalue weighted by Crippen LogP contribution is -2.56. The number of hydrogen-bond donors (Lipinski definition) is 0. The second kappa shape index (κ2) is 13.8. The maximum atomic E-state index is 7.04. The first kappa shape index (κ1) is 36.1. The van der Waals surface area contributed by atoms with Crippen LogP contribution in [0.5, 0.6) is 11.5 Å². The maximum Gasteiger partial charge on any atom is 0.243 e. The van der Waals surface area contributed by atoms with Gasteiger partial charge < -0.3 is 14.1 Å². The maximum absolute atomic E-state index is 7.04. The summed E-state index contributed by atoms with van der Waals surface area (Å²) in [6.07, 6.45) is 0. The number of benzene rings is 9. The summed E-state index contributed by atoms with van der Waals surface area (Å²) in [5.74, 6) is 1.70. The third-order valence-corrected chi connectivity index (χ3v) is 12.7. The number of furan rings is 1. The van der Waals surface area contributed by atoms with Crippen molar-refractivity contribution in [1.29, 1.82) is 0 Å². The number of nitrogens with zero attached hydrogens (tertiary/aromatic N) is 1. The van der Waals surface area contributed by atoms with E-state index in [0.29, 0.717) is 0 Å². The van der Waals surface area contributed by atoms with Crippen LogP contribution in [0.2, 0.25) is 0 Å². The molecule has 0 saturated carbocycles. The molecule has 11 rings (SSSR count). The molecule has 0 amide bonds. The van der Waals surface area contributed by atoms with E-state index in [2.05, 4.69) is 192 Å². The van der Waals surface area contributed by atoms with Crippen molar-refractivity contribution in [2.24, 2.45) is 0 Å². The highest BCUT2D eigenvalue weighted by molar-refractivity contribution is 6.98. The Labute approximate surface area is 351 Å². The Morgan fingerprint density at radius 3 is 1.80 bits per heavy atom. The van der Waals surface area contributed by atoms with Gasteiger partial charge in [0.05, 0.1) is 11.4 Å². The molecule has 10 aromatic rings. The lowest BCUT2D eigenvalue weighted by atomic mass is 9.33. The van der Waals surface area contributed by atoms with Crippen LogP contribution in [0.3, 0.4) is 0 Å². The normalized spacial score (nSPS) is 12.0. The van der Waals surface area contributed by atoms with Gasteiger partial charge in [-0.2, -0.15) is 0 Å². The molecule has 60 heavy (non-hydrogen) atoms. The Balaban J connectivity index is 1.10. The van der Waals surface area contributed by atoms with E-state index in [-0.39, 0.29) is 6.71 Å². The monoisotopic (exact) mass is 773 g/mol. The van der Waals surface area contributed by atoms with Gasteiger partial charge in [-0.05, 0) is 106 Å². The van der Waals surface area contributed by atoms with Crippen LogP contribution in [0, 0.1) is 41.5 Å². The predicted octanol–water partition coefficient (Wildman–Crippen LogP) is 13.5. The molecule has 0 spiro atoms. The summed E-state index contributed by atoms with van der Waals surface area (Å²) in [5.41, 5.74) is 18.9. The molecule has 0 saturated heterocycles. The van der Waals surface area contributed by atoms with Gasteiger partial charge in [-0.3, -0.25) is 0 Å².